The van der Waals surface area contributed by atoms with Crippen molar-refractivity contribution < 1.29 is 14.9 Å². The summed E-state index contributed by atoms with van der Waals surface area (Å²) < 4.78 is 4.78. The normalized spacial score (nSPS) is 12.0. The molecule has 0 unspecified atom stereocenters. The van der Waals surface area contributed by atoms with Gasteiger partial charge >= 0.3 is 0 Å². The molecule has 0 fully saturated rings. The first-order valence-corrected chi connectivity index (χ1v) is 2.95. The smallest absolute Gasteiger partial charge is 0.121 e. The largest absolute Gasteiger partial charge is 0.394 e. The van der Waals surface area contributed by atoms with Gasteiger partial charge in [0.2, 0.25) is 0 Å². The summed E-state index contributed by atoms with van der Waals surface area (Å²) in [7, 11) is 0. The van der Waals surface area contributed by atoms with E-state index in [1.54, 1.807) is 13.8 Å². The lowest BCUT2D eigenvalue weighted by molar-refractivity contribution is -0.0705. The molecule has 0 aromatic heterocycles. The Kier molecular flexibility index (Phi) is 3.77. The molecule has 0 heterocycles. The van der Waals surface area contributed by atoms with Gasteiger partial charge < -0.3 is 9.84 Å². The van der Waals surface area contributed by atoms with E-state index in [-0.39, 0.29) is 19.8 Å². The van der Waals surface area contributed by atoms with E-state index >= 15 is 0 Å². The standard InChI is InChI=1S/C6H13O3/c1-6(2,8)5-9-4-3-7/h7H,3-5H2,1-2H3. The summed E-state index contributed by atoms with van der Waals surface area (Å²) in [5.74, 6) is 0. The summed E-state index contributed by atoms with van der Waals surface area (Å²) in [4.78, 5) is 0. The van der Waals surface area contributed by atoms with Crippen molar-refractivity contribution >= 4 is 0 Å². The Morgan fingerprint density at radius 3 is 2.44 bits per heavy atom. The van der Waals surface area contributed by atoms with Crippen LogP contribution in [0.3, 0.4) is 0 Å². The van der Waals surface area contributed by atoms with E-state index < -0.39 is 5.60 Å². The molecule has 0 atom stereocenters. The predicted octanol–water partition coefficient (Wildman–Crippen LogP) is 0.204. The molecule has 0 aliphatic rings. The van der Waals surface area contributed by atoms with Gasteiger partial charge in [0.25, 0.3) is 0 Å². The van der Waals surface area contributed by atoms with Crippen molar-refractivity contribution in [2.24, 2.45) is 0 Å². The highest BCUT2D eigenvalue weighted by Gasteiger charge is 2.14. The van der Waals surface area contributed by atoms with Gasteiger partial charge in [-0.15, -0.1) is 0 Å². The minimum Gasteiger partial charge on any atom is -0.394 e. The van der Waals surface area contributed by atoms with Crippen LogP contribution < -0.4 is 0 Å². The van der Waals surface area contributed by atoms with Gasteiger partial charge in [0.05, 0.1) is 19.8 Å². The lowest BCUT2D eigenvalue weighted by Crippen LogP contribution is -2.25. The van der Waals surface area contributed by atoms with Crippen molar-refractivity contribution in [2.45, 2.75) is 19.4 Å². The molecule has 0 aliphatic heterocycles. The molecule has 0 bridgehead atoms. The van der Waals surface area contributed by atoms with Crippen LogP contribution in [0.4, 0.5) is 0 Å². The van der Waals surface area contributed by atoms with Crippen molar-refractivity contribution in [2.75, 3.05) is 19.8 Å². The summed E-state index contributed by atoms with van der Waals surface area (Å²) in [6.07, 6.45) is 0. The zero-order chi connectivity index (χ0) is 7.33. The zero-order valence-corrected chi connectivity index (χ0v) is 5.89. The number of rotatable bonds is 4. The molecule has 55 valence electrons. The van der Waals surface area contributed by atoms with Gasteiger partial charge in [0, 0.05) is 0 Å². The fraction of sp³-hybridized carbons (Fsp3) is 1.00. The van der Waals surface area contributed by atoms with E-state index in [9.17, 15) is 5.11 Å². The second kappa shape index (κ2) is 3.82. The van der Waals surface area contributed by atoms with Crippen LogP contribution in [0.25, 0.3) is 0 Å². The molecule has 0 rings (SSSR count). The topological polar surface area (TPSA) is 49.4 Å². The summed E-state index contributed by atoms with van der Waals surface area (Å²) in [6, 6.07) is 0. The minimum absolute atomic E-state index is 0.0178. The molecule has 0 saturated heterocycles. The van der Waals surface area contributed by atoms with Crippen LogP contribution in [-0.2, 0) is 9.84 Å². The summed E-state index contributed by atoms with van der Waals surface area (Å²) >= 11 is 0. The Balaban J connectivity index is 3.07. The highest BCUT2D eigenvalue weighted by molar-refractivity contribution is 4.61. The van der Waals surface area contributed by atoms with Crippen molar-refractivity contribution in [1.82, 2.24) is 0 Å². The maximum absolute atomic E-state index is 10.8. The second-order valence-electron chi connectivity index (χ2n) is 2.54. The molecule has 0 saturated carbocycles. The third-order valence-electron chi connectivity index (χ3n) is 0.685. The number of ether oxygens (including phenoxy) is 1. The summed E-state index contributed by atoms with van der Waals surface area (Å²) in [6.45, 7) is 3.49. The van der Waals surface area contributed by atoms with E-state index in [0.29, 0.717) is 0 Å². The number of hydrogen-bond donors (Lipinski definition) is 1. The molecule has 1 radical (unpaired) electrons. The van der Waals surface area contributed by atoms with Crippen LogP contribution in [0.5, 0.6) is 0 Å². The van der Waals surface area contributed by atoms with Crippen molar-refractivity contribution in [3.63, 3.8) is 0 Å². The van der Waals surface area contributed by atoms with Gasteiger partial charge in [0.1, 0.15) is 5.60 Å². The van der Waals surface area contributed by atoms with Crippen LogP contribution in [0.1, 0.15) is 13.8 Å². The first kappa shape index (κ1) is 8.88. The zero-order valence-electron chi connectivity index (χ0n) is 5.89. The monoisotopic (exact) mass is 133 g/mol. The highest BCUT2D eigenvalue weighted by Crippen LogP contribution is 2.01. The molecule has 0 aromatic carbocycles. The molecule has 0 aromatic rings. The molecular weight excluding hydrogens is 120 g/mol. The van der Waals surface area contributed by atoms with Crippen LogP contribution in [0.15, 0.2) is 0 Å². The van der Waals surface area contributed by atoms with E-state index in [4.69, 9.17) is 9.84 Å². The SMILES string of the molecule is CC(C)([O])COCCO. The fourth-order valence-corrected chi connectivity index (χ4v) is 0.383. The first-order valence-electron chi connectivity index (χ1n) is 2.95. The third kappa shape index (κ3) is 7.88. The molecule has 0 spiro atoms. The fourth-order valence-electron chi connectivity index (χ4n) is 0.383. The molecule has 3 nitrogen and oxygen atoms in total. The molecular formula is C6H13O3. The third-order valence-corrected chi connectivity index (χ3v) is 0.685. The summed E-state index contributed by atoms with van der Waals surface area (Å²) in [5, 5.41) is 19.0. The Hall–Kier alpha value is -0.120. The first-order chi connectivity index (χ1) is 4.06. The quantitative estimate of drug-likeness (QED) is 0.557. The maximum Gasteiger partial charge on any atom is 0.121 e. The van der Waals surface area contributed by atoms with E-state index in [1.165, 1.54) is 0 Å². The lowest BCUT2D eigenvalue weighted by atomic mass is 10.2. The average Bonchev–Trinajstić information content (AvgIpc) is 1.63. The van der Waals surface area contributed by atoms with Crippen molar-refractivity contribution in [3.05, 3.63) is 0 Å². The van der Waals surface area contributed by atoms with Crippen LogP contribution in [0.2, 0.25) is 0 Å². The van der Waals surface area contributed by atoms with E-state index in [2.05, 4.69) is 0 Å². The van der Waals surface area contributed by atoms with Crippen molar-refractivity contribution in [3.8, 4) is 0 Å². The molecule has 3 heteroatoms. The van der Waals surface area contributed by atoms with Crippen molar-refractivity contribution in [1.29, 1.82) is 0 Å². The van der Waals surface area contributed by atoms with Crippen LogP contribution in [0, 0.1) is 0 Å². The minimum atomic E-state index is -1.03. The molecule has 0 amide bonds. The van der Waals surface area contributed by atoms with Gasteiger partial charge in [-0.1, -0.05) is 0 Å². The average molecular weight is 133 g/mol. The number of aliphatic hydroxyl groups is 1. The van der Waals surface area contributed by atoms with Crippen LogP contribution >= 0.6 is 0 Å². The Morgan fingerprint density at radius 2 is 2.11 bits per heavy atom. The maximum atomic E-state index is 10.8. The van der Waals surface area contributed by atoms with Gasteiger partial charge in [-0.3, -0.25) is 0 Å². The van der Waals surface area contributed by atoms with Crippen LogP contribution in [-0.4, -0.2) is 30.5 Å². The highest BCUT2D eigenvalue weighted by atomic mass is 16.5. The van der Waals surface area contributed by atoms with E-state index in [1.807, 2.05) is 0 Å². The van der Waals surface area contributed by atoms with E-state index in [0.717, 1.165) is 0 Å². The number of hydrogen-bond acceptors (Lipinski definition) is 2. The lowest BCUT2D eigenvalue weighted by Gasteiger charge is -2.12. The van der Waals surface area contributed by atoms with Gasteiger partial charge in [0.15, 0.2) is 0 Å². The summed E-state index contributed by atoms with van der Waals surface area (Å²) in [5.41, 5.74) is -1.03. The molecule has 9 heavy (non-hydrogen) atoms. The van der Waals surface area contributed by atoms with Gasteiger partial charge in [-0.2, -0.15) is 0 Å². The molecule has 0 aliphatic carbocycles. The molecule has 1 N–H and O–H groups in total. The second-order valence-corrected chi connectivity index (χ2v) is 2.54. The Labute approximate surface area is 55.3 Å². The van der Waals surface area contributed by atoms with Gasteiger partial charge in [-0.05, 0) is 13.8 Å². The predicted molar refractivity (Wildman–Crippen MR) is 32.7 cm³/mol. The van der Waals surface area contributed by atoms with Gasteiger partial charge in [-0.25, -0.2) is 5.11 Å². The Bertz CT molecular complexity index is 65.2. The number of aliphatic hydroxyl groups excluding tert-OH is 1. The Morgan fingerprint density at radius 1 is 1.56 bits per heavy atom.